The first-order valence-corrected chi connectivity index (χ1v) is 9.23. The summed E-state index contributed by atoms with van der Waals surface area (Å²) in [5.74, 6) is -1.19. The van der Waals surface area contributed by atoms with Gasteiger partial charge in [-0.1, -0.05) is 31.2 Å². The van der Waals surface area contributed by atoms with Gasteiger partial charge in [-0.05, 0) is 18.6 Å². The first kappa shape index (κ1) is 16.4. The molecule has 0 bridgehead atoms. The van der Waals surface area contributed by atoms with E-state index in [1.807, 2.05) is 37.3 Å². The molecule has 138 valence electrons. The molecule has 4 heterocycles. The van der Waals surface area contributed by atoms with Gasteiger partial charge in [0.2, 0.25) is 5.91 Å². The minimum Gasteiger partial charge on any atom is -0.463 e. The van der Waals surface area contributed by atoms with E-state index in [0.29, 0.717) is 13.0 Å². The number of hydrogen-bond donors (Lipinski definition) is 0. The van der Waals surface area contributed by atoms with Crippen LogP contribution in [0.2, 0.25) is 0 Å². The minimum atomic E-state index is -1.13. The summed E-state index contributed by atoms with van der Waals surface area (Å²) >= 11 is 0. The molecule has 1 fully saturated rings. The SMILES string of the molecule is CC[C@@]1(OC)C(=O)OCC2C(=O)N3Cc4cc5ccccc5nc4C3=CC21. The van der Waals surface area contributed by atoms with Crippen LogP contribution in [0, 0.1) is 11.8 Å². The number of esters is 1. The number of pyridine rings is 1. The number of carbonyl (C=O) groups excluding carboxylic acids is 2. The fourth-order valence-electron chi connectivity index (χ4n) is 4.69. The van der Waals surface area contributed by atoms with Gasteiger partial charge in [-0.25, -0.2) is 9.78 Å². The quantitative estimate of drug-likeness (QED) is 0.766. The first-order valence-electron chi connectivity index (χ1n) is 9.23. The van der Waals surface area contributed by atoms with Gasteiger partial charge >= 0.3 is 5.97 Å². The van der Waals surface area contributed by atoms with Crippen molar-refractivity contribution in [1.29, 1.82) is 0 Å². The van der Waals surface area contributed by atoms with Crippen LogP contribution >= 0.6 is 0 Å². The maximum absolute atomic E-state index is 13.2. The van der Waals surface area contributed by atoms with E-state index in [0.717, 1.165) is 27.9 Å². The van der Waals surface area contributed by atoms with Gasteiger partial charge in [0.1, 0.15) is 6.61 Å². The maximum atomic E-state index is 13.2. The average Bonchev–Trinajstić information content (AvgIpc) is 3.05. The van der Waals surface area contributed by atoms with Crippen molar-refractivity contribution in [1.82, 2.24) is 9.88 Å². The third-order valence-electron chi connectivity index (χ3n) is 6.19. The highest BCUT2D eigenvalue weighted by Gasteiger charge is 2.57. The Morgan fingerprint density at radius 2 is 2.15 bits per heavy atom. The molecule has 5 rings (SSSR count). The van der Waals surface area contributed by atoms with E-state index in [1.54, 1.807) is 4.90 Å². The number of hydrogen-bond acceptors (Lipinski definition) is 5. The Hall–Kier alpha value is -2.73. The molecule has 6 nitrogen and oxygen atoms in total. The summed E-state index contributed by atoms with van der Waals surface area (Å²) in [5.41, 5.74) is 2.40. The molecule has 1 aromatic carbocycles. The number of rotatable bonds is 2. The molecule has 3 atom stereocenters. The highest BCUT2D eigenvalue weighted by Crippen LogP contribution is 2.47. The van der Waals surface area contributed by atoms with Crippen molar-refractivity contribution in [3.63, 3.8) is 0 Å². The second-order valence-corrected chi connectivity index (χ2v) is 7.34. The molecule has 3 aliphatic heterocycles. The van der Waals surface area contributed by atoms with Crippen LogP contribution in [0.5, 0.6) is 0 Å². The van der Waals surface area contributed by atoms with Crippen LogP contribution in [0.15, 0.2) is 36.4 Å². The molecule has 1 saturated heterocycles. The number of para-hydroxylation sites is 1. The van der Waals surface area contributed by atoms with E-state index in [2.05, 4.69) is 6.07 Å². The predicted octanol–water partition coefficient (Wildman–Crippen LogP) is 2.52. The highest BCUT2D eigenvalue weighted by atomic mass is 16.6. The van der Waals surface area contributed by atoms with Gasteiger partial charge in [0.05, 0.1) is 29.4 Å². The summed E-state index contributed by atoms with van der Waals surface area (Å²) in [6, 6.07) is 10.0. The van der Waals surface area contributed by atoms with Gasteiger partial charge in [-0.2, -0.15) is 0 Å². The van der Waals surface area contributed by atoms with Gasteiger partial charge in [-0.3, -0.25) is 4.79 Å². The molecule has 3 aliphatic rings. The van der Waals surface area contributed by atoms with Gasteiger partial charge in [0.15, 0.2) is 5.60 Å². The monoisotopic (exact) mass is 364 g/mol. The molecular formula is C21H20N2O4. The van der Waals surface area contributed by atoms with Crippen LogP contribution in [-0.2, 0) is 25.6 Å². The smallest absolute Gasteiger partial charge is 0.339 e. The largest absolute Gasteiger partial charge is 0.463 e. The van der Waals surface area contributed by atoms with E-state index in [1.165, 1.54) is 7.11 Å². The predicted molar refractivity (Wildman–Crippen MR) is 98.2 cm³/mol. The maximum Gasteiger partial charge on any atom is 0.339 e. The Kier molecular flexibility index (Phi) is 3.43. The van der Waals surface area contributed by atoms with Gasteiger partial charge < -0.3 is 14.4 Å². The molecular weight excluding hydrogens is 344 g/mol. The number of nitrogens with zero attached hydrogens (tertiary/aromatic N) is 2. The van der Waals surface area contributed by atoms with Crippen LogP contribution in [0.3, 0.4) is 0 Å². The summed E-state index contributed by atoms with van der Waals surface area (Å²) in [4.78, 5) is 32.4. The Bertz CT molecular complexity index is 1010. The summed E-state index contributed by atoms with van der Waals surface area (Å²) in [6.07, 6.45) is 2.45. The highest BCUT2D eigenvalue weighted by molar-refractivity contribution is 5.97. The van der Waals surface area contributed by atoms with E-state index in [-0.39, 0.29) is 18.4 Å². The molecule has 2 unspecified atom stereocenters. The van der Waals surface area contributed by atoms with Crippen LogP contribution < -0.4 is 0 Å². The topological polar surface area (TPSA) is 68.7 Å². The Balaban J connectivity index is 1.69. The van der Waals surface area contributed by atoms with Crippen molar-refractivity contribution in [3.05, 3.63) is 47.7 Å². The van der Waals surface area contributed by atoms with Crippen molar-refractivity contribution < 1.29 is 19.1 Å². The van der Waals surface area contributed by atoms with Crippen molar-refractivity contribution >= 4 is 28.5 Å². The van der Waals surface area contributed by atoms with Crippen LogP contribution in [0.4, 0.5) is 0 Å². The Morgan fingerprint density at radius 1 is 1.33 bits per heavy atom. The van der Waals surface area contributed by atoms with Gasteiger partial charge in [0, 0.05) is 24.0 Å². The van der Waals surface area contributed by atoms with E-state index in [9.17, 15) is 9.59 Å². The van der Waals surface area contributed by atoms with Gasteiger partial charge in [0.25, 0.3) is 0 Å². The molecule has 0 radical (unpaired) electrons. The molecule has 0 aliphatic carbocycles. The fourth-order valence-corrected chi connectivity index (χ4v) is 4.69. The number of methoxy groups -OCH3 is 1. The fraction of sp³-hybridized carbons (Fsp3) is 0.381. The molecule has 1 aromatic heterocycles. The first-order chi connectivity index (χ1) is 13.1. The number of ether oxygens (including phenoxy) is 2. The zero-order valence-corrected chi connectivity index (χ0v) is 15.3. The number of benzene rings is 1. The van der Waals surface area contributed by atoms with Crippen molar-refractivity contribution in [3.8, 4) is 0 Å². The number of aromatic nitrogens is 1. The molecule has 0 N–H and O–H groups in total. The van der Waals surface area contributed by atoms with Crippen molar-refractivity contribution in [2.24, 2.45) is 11.8 Å². The molecule has 6 heteroatoms. The summed E-state index contributed by atoms with van der Waals surface area (Å²) in [5, 5.41) is 1.06. The van der Waals surface area contributed by atoms with Gasteiger partial charge in [-0.15, -0.1) is 0 Å². The summed E-state index contributed by atoms with van der Waals surface area (Å²) in [7, 11) is 1.51. The summed E-state index contributed by atoms with van der Waals surface area (Å²) < 4.78 is 11.0. The lowest BCUT2D eigenvalue weighted by molar-refractivity contribution is -0.195. The van der Waals surface area contributed by atoms with Crippen LogP contribution in [0.1, 0.15) is 24.6 Å². The van der Waals surface area contributed by atoms with Crippen molar-refractivity contribution in [2.45, 2.75) is 25.5 Å². The van der Waals surface area contributed by atoms with Crippen LogP contribution in [-0.4, -0.2) is 41.1 Å². The Morgan fingerprint density at radius 3 is 2.93 bits per heavy atom. The normalized spacial score (nSPS) is 29.1. The molecule has 2 aromatic rings. The van der Waals surface area contributed by atoms with Crippen molar-refractivity contribution in [2.75, 3.05) is 13.7 Å². The lowest BCUT2D eigenvalue weighted by Crippen LogP contribution is -2.59. The number of carbonyl (C=O) groups is 2. The number of fused-ring (bicyclic) bond motifs is 5. The second-order valence-electron chi connectivity index (χ2n) is 7.34. The lowest BCUT2D eigenvalue weighted by Gasteiger charge is -2.46. The zero-order valence-electron chi connectivity index (χ0n) is 15.3. The van der Waals surface area contributed by atoms with E-state index < -0.39 is 17.5 Å². The standard InChI is InChI=1S/C21H20N2O4/c1-3-21(26-2)15-9-17-18-13(8-12-6-4-5-7-16(12)22-18)10-23(17)19(24)14(15)11-27-20(21)25/h4-9,14-15H,3,10-11H2,1-2H3/t14?,15?,21-/m0/s1. The Labute approximate surface area is 156 Å². The zero-order chi connectivity index (χ0) is 18.8. The molecule has 1 amide bonds. The average molecular weight is 364 g/mol. The third-order valence-corrected chi connectivity index (χ3v) is 6.19. The minimum absolute atomic E-state index is 0.0260. The molecule has 0 saturated carbocycles. The summed E-state index contributed by atoms with van der Waals surface area (Å²) in [6.45, 7) is 2.48. The lowest BCUT2D eigenvalue weighted by atomic mass is 9.72. The van der Waals surface area contributed by atoms with E-state index in [4.69, 9.17) is 14.5 Å². The number of amides is 1. The van der Waals surface area contributed by atoms with Crippen LogP contribution in [0.25, 0.3) is 16.6 Å². The number of cyclic esters (lactones) is 1. The second kappa shape index (κ2) is 5.63. The molecule has 27 heavy (non-hydrogen) atoms. The molecule has 0 spiro atoms. The third kappa shape index (κ3) is 2.07. The van der Waals surface area contributed by atoms with E-state index >= 15 is 0 Å².